The van der Waals surface area contributed by atoms with E-state index in [1.54, 1.807) is 30.3 Å². The first-order valence-corrected chi connectivity index (χ1v) is 11.1. The van der Waals surface area contributed by atoms with Crippen molar-refractivity contribution in [3.05, 3.63) is 47.5 Å². The highest BCUT2D eigenvalue weighted by Gasteiger charge is 2.30. The molecule has 9 nitrogen and oxygen atoms in total. The number of halogens is 1. The van der Waals surface area contributed by atoms with Gasteiger partial charge in [0.1, 0.15) is 11.3 Å². The highest BCUT2D eigenvalue weighted by atomic mass is 35.5. The second kappa shape index (κ2) is 8.29. The number of benzene rings is 2. The number of carbonyl (C=O) groups is 1. The van der Waals surface area contributed by atoms with Crippen molar-refractivity contribution in [2.24, 2.45) is 0 Å². The Morgan fingerprint density at radius 2 is 1.87 bits per heavy atom. The quantitative estimate of drug-likeness (QED) is 0.567. The van der Waals surface area contributed by atoms with E-state index in [1.807, 2.05) is 4.90 Å². The maximum atomic E-state index is 13.0. The number of sulfonamides is 1. The van der Waals surface area contributed by atoms with Crippen LogP contribution in [0.25, 0.3) is 11.0 Å². The van der Waals surface area contributed by atoms with E-state index in [1.165, 1.54) is 23.5 Å². The van der Waals surface area contributed by atoms with Crippen LogP contribution in [0.3, 0.4) is 0 Å². The number of methoxy groups -OCH3 is 1. The van der Waals surface area contributed by atoms with E-state index < -0.39 is 16.2 Å². The molecule has 3 aromatic rings. The molecule has 4 rings (SSSR count). The third kappa shape index (κ3) is 4.14. The summed E-state index contributed by atoms with van der Waals surface area (Å²) in [5, 5.41) is 9.63. The van der Waals surface area contributed by atoms with Crippen molar-refractivity contribution in [3.63, 3.8) is 0 Å². The van der Waals surface area contributed by atoms with Crippen LogP contribution in [0.15, 0.2) is 51.8 Å². The summed E-state index contributed by atoms with van der Waals surface area (Å²) < 4.78 is 42.4. The number of ether oxygens (including phenoxy) is 2. The minimum atomic E-state index is -3.65. The van der Waals surface area contributed by atoms with Crippen LogP contribution in [0.4, 0.5) is 10.5 Å². The number of hydrogen-bond donors (Lipinski definition) is 1. The third-order valence-corrected chi connectivity index (χ3v) is 7.33. The van der Waals surface area contributed by atoms with Crippen molar-refractivity contribution in [1.82, 2.24) is 4.31 Å². The lowest BCUT2D eigenvalue weighted by Gasteiger charge is -2.35. The summed E-state index contributed by atoms with van der Waals surface area (Å²) in [5.41, 5.74) is 1.10. The molecule has 1 saturated heterocycles. The molecule has 1 aliphatic heterocycles. The van der Waals surface area contributed by atoms with Gasteiger partial charge in [-0.3, -0.25) is 0 Å². The standard InChI is InChI=1S/C20H19ClN2O7S/c1-28-13-3-2-4-14(11-13)31(26,27)23-9-7-22(8-10-23)16-5-6-17-15(19(16)21)12-18(29-17)30-20(24)25/h2-6,11-12H,7-10H2,1H3,(H,24,25). The van der Waals surface area contributed by atoms with Gasteiger partial charge in [0.05, 0.1) is 22.7 Å². The van der Waals surface area contributed by atoms with Crippen LogP contribution in [0, 0.1) is 0 Å². The topological polar surface area (TPSA) is 110 Å². The lowest BCUT2D eigenvalue weighted by Crippen LogP contribution is -2.48. The van der Waals surface area contributed by atoms with Crippen molar-refractivity contribution in [2.45, 2.75) is 4.90 Å². The monoisotopic (exact) mass is 466 g/mol. The first kappa shape index (κ1) is 21.3. The zero-order valence-electron chi connectivity index (χ0n) is 16.4. The number of hydrogen-bond acceptors (Lipinski definition) is 7. The molecule has 1 aliphatic rings. The van der Waals surface area contributed by atoms with Gasteiger partial charge in [0.25, 0.3) is 5.95 Å². The van der Waals surface area contributed by atoms with E-state index in [-0.39, 0.29) is 23.9 Å². The van der Waals surface area contributed by atoms with Crippen molar-refractivity contribution in [3.8, 4) is 11.7 Å². The molecule has 2 aromatic carbocycles. The minimum absolute atomic E-state index is 0.171. The number of carboxylic acid groups (broad SMARTS) is 1. The Bertz CT molecular complexity index is 1230. The van der Waals surface area contributed by atoms with Gasteiger partial charge in [-0.2, -0.15) is 4.31 Å². The molecule has 164 valence electrons. The van der Waals surface area contributed by atoms with Gasteiger partial charge in [-0.1, -0.05) is 17.7 Å². The van der Waals surface area contributed by atoms with Crippen molar-refractivity contribution < 1.29 is 32.2 Å². The summed E-state index contributed by atoms with van der Waals surface area (Å²) in [6.07, 6.45) is -1.48. The van der Waals surface area contributed by atoms with E-state index in [0.29, 0.717) is 40.5 Å². The summed E-state index contributed by atoms with van der Waals surface area (Å²) in [6, 6.07) is 11.2. The predicted molar refractivity (Wildman–Crippen MR) is 114 cm³/mol. The van der Waals surface area contributed by atoms with E-state index in [0.717, 1.165) is 0 Å². The molecule has 0 atom stereocenters. The number of furan rings is 1. The summed E-state index contributed by atoms with van der Waals surface area (Å²) in [6.45, 7) is 1.44. The molecule has 1 N–H and O–H groups in total. The van der Waals surface area contributed by atoms with Crippen molar-refractivity contribution in [1.29, 1.82) is 0 Å². The maximum absolute atomic E-state index is 13.0. The number of piperazine rings is 1. The first-order valence-electron chi connectivity index (χ1n) is 9.31. The van der Waals surface area contributed by atoms with Gasteiger partial charge < -0.3 is 23.9 Å². The molecule has 0 unspecified atom stereocenters. The largest absolute Gasteiger partial charge is 0.513 e. The molecule has 2 heterocycles. The lowest BCUT2D eigenvalue weighted by molar-refractivity contribution is 0.134. The van der Waals surface area contributed by atoms with Gasteiger partial charge in [-0.05, 0) is 24.3 Å². The third-order valence-electron chi connectivity index (χ3n) is 5.04. The molecule has 1 fully saturated rings. The number of rotatable bonds is 5. The highest BCUT2D eigenvalue weighted by Crippen LogP contribution is 2.38. The molecule has 0 bridgehead atoms. The fraction of sp³-hybridized carbons (Fsp3) is 0.250. The minimum Gasteiger partial charge on any atom is -0.497 e. The number of nitrogens with zero attached hydrogens (tertiary/aromatic N) is 2. The summed E-state index contributed by atoms with van der Waals surface area (Å²) in [4.78, 5) is 12.9. The average molecular weight is 467 g/mol. The molecule has 31 heavy (non-hydrogen) atoms. The maximum Gasteiger partial charge on any atom is 0.513 e. The van der Waals surface area contributed by atoms with Gasteiger partial charge in [0.2, 0.25) is 10.0 Å². The molecular weight excluding hydrogens is 448 g/mol. The molecule has 0 aliphatic carbocycles. The van der Waals surface area contributed by atoms with E-state index in [9.17, 15) is 13.2 Å². The molecule has 0 radical (unpaired) electrons. The summed E-state index contributed by atoms with van der Waals surface area (Å²) in [7, 11) is -2.16. The Morgan fingerprint density at radius 1 is 1.13 bits per heavy atom. The van der Waals surface area contributed by atoms with Crippen LogP contribution in [0.2, 0.25) is 5.02 Å². The van der Waals surface area contributed by atoms with Crippen molar-refractivity contribution in [2.75, 3.05) is 38.2 Å². The molecule has 0 saturated carbocycles. The smallest absolute Gasteiger partial charge is 0.497 e. The fourth-order valence-electron chi connectivity index (χ4n) is 3.50. The predicted octanol–water partition coefficient (Wildman–Crippen LogP) is 3.66. The van der Waals surface area contributed by atoms with Crippen LogP contribution < -0.4 is 14.4 Å². The second-order valence-corrected chi connectivity index (χ2v) is 9.13. The molecule has 11 heteroatoms. The van der Waals surface area contributed by atoms with Crippen LogP contribution in [0.1, 0.15) is 0 Å². The Morgan fingerprint density at radius 3 is 2.55 bits per heavy atom. The van der Waals surface area contributed by atoms with Crippen LogP contribution in [-0.2, 0) is 10.0 Å². The second-order valence-electron chi connectivity index (χ2n) is 6.81. The van der Waals surface area contributed by atoms with Gasteiger partial charge in [0, 0.05) is 43.7 Å². The normalized spacial score (nSPS) is 15.2. The Kier molecular flexibility index (Phi) is 5.69. The zero-order chi connectivity index (χ0) is 22.2. The van der Waals surface area contributed by atoms with E-state index in [2.05, 4.69) is 4.74 Å². The summed E-state index contributed by atoms with van der Waals surface area (Å²) >= 11 is 6.53. The summed E-state index contributed by atoms with van der Waals surface area (Å²) in [5.74, 6) is 0.307. The van der Waals surface area contributed by atoms with E-state index in [4.69, 9.17) is 25.9 Å². The lowest BCUT2D eigenvalue weighted by atomic mass is 10.2. The highest BCUT2D eigenvalue weighted by molar-refractivity contribution is 7.89. The molecular formula is C20H19ClN2O7S. The number of anilines is 1. The Hall–Kier alpha value is -2.95. The van der Waals surface area contributed by atoms with Gasteiger partial charge in [-0.25, -0.2) is 13.2 Å². The molecule has 1 aromatic heterocycles. The first-order chi connectivity index (χ1) is 14.8. The van der Waals surface area contributed by atoms with Crippen LogP contribution in [0.5, 0.6) is 11.7 Å². The van der Waals surface area contributed by atoms with Crippen LogP contribution >= 0.6 is 11.6 Å². The number of fused-ring (bicyclic) bond motifs is 1. The van der Waals surface area contributed by atoms with Gasteiger partial charge >= 0.3 is 6.16 Å². The molecule has 0 amide bonds. The van der Waals surface area contributed by atoms with Crippen LogP contribution in [-0.4, -0.2) is 57.3 Å². The van der Waals surface area contributed by atoms with Gasteiger partial charge in [0.15, 0.2) is 0 Å². The Balaban J connectivity index is 1.52. The SMILES string of the molecule is COc1cccc(S(=O)(=O)N2CCN(c3ccc4oc(OC(=O)O)cc4c3Cl)CC2)c1. The Labute approximate surface area is 183 Å². The van der Waals surface area contributed by atoms with E-state index >= 15 is 0 Å². The molecule has 0 spiro atoms. The van der Waals surface area contributed by atoms with Crippen molar-refractivity contribution >= 4 is 44.4 Å². The van der Waals surface area contributed by atoms with Gasteiger partial charge in [-0.15, -0.1) is 0 Å². The zero-order valence-corrected chi connectivity index (χ0v) is 18.0. The average Bonchev–Trinajstić information content (AvgIpc) is 3.17. The fourth-order valence-corrected chi connectivity index (χ4v) is 5.29.